The predicted molar refractivity (Wildman–Crippen MR) is 79.4 cm³/mol. The van der Waals surface area contributed by atoms with Crippen LogP contribution in [0.25, 0.3) is 6.08 Å². The van der Waals surface area contributed by atoms with Gasteiger partial charge in [-0.05, 0) is 43.8 Å². The lowest BCUT2D eigenvalue weighted by Gasteiger charge is -2.18. The molecule has 112 valence electrons. The maximum Gasteiger partial charge on any atom is 0.328 e. The summed E-state index contributed by atoms with van der Waals surface area (Å²) < 4.78 is 6.54. The van der Waals surface area contributed by atoms with Gasteiger partial charge >= 0.3 is 5.97 Å². The first kappa shape index (κ1) is 15.4. The van der Waals surface area contributed by atoms with Crippen LogP contribution < -0.4 is 0 Å². The van der Waals surface area contributed by atoms with Crippen LogP contribution in [0.5, 0.6) is 0 Å². The van der Waals surface area contributed by atoms with Crippen molar-refractivity contribution in [2.45, 2.75) is 26.4 Å². The number of carbonyl (C=O) groups excluding carboxylic acids is 3. The normalized spacial score (nSPS) is 18.4. The fraction of sp³-hybridized carbons (Fsp3) is 0.357. The Morgan fingerprint density at radius 3 is 2.81 bits per heavy atom. The molecule has 6 nitrogen and oxygen atoms in total. The number of aryl methyl sites for hydroxylation is 1. The second-order valence-corrected chi connectivity index (χ2v) is 5.46. The smallest absolute Gasteiger partial charge is 0.328 e. The number of esters is 1. The molecule has 2 rings (SSSR count). The standard InChI is InChI=1S/C14H16N2O4S/c1-4-15-7-5-6-10(15)8-11-12(17)16(14(19)21-11)9(2)13(18)20-3/h5-9H,4H2,1-3H3/b11-8+/t9-/m1/s1. The lowest BCUT2D eigenvalue weighted by molar-refractivity contribution is -0.148. The molecule has 1 aromatic heterocycles. The third-order valence-electron chi connectivity index (χ3n) is 3.24. The van der Waals surface area contributed by atoms with E-state index in [1.54, 1.807) is 6.08 Å². The van der Waals surface area contributed by atoms with Gasteiger partial charge in [-0.15, -0.1) is 0 Å². The molecular weight excluding hydrogens is 292 g/mol. The van der Waals surface area contributed by atoms with Crippen molar-refractivity contribution >= 4 is 35.0 Å². The number of carbonyl (C=O) groups is 3. The molecule has 1 atom stereocenters. The number of ether oxygens (including phenoxy) is 1. The van der Waals surface area contributed by atoms with E-state index in [-0.39, 0.29) is 0 Å². The molecule has 1 fully saturated rings. The van der Waals surface area contributed by atoms with Crippen molar-refractivity contribution in [2.75, 3.05) is 7.11 Å². The Labute approximate surface area is 126 Å². The number of rotatable bonds is 4. The summed E-state index contributed by atoms with van der Waals surface area (Å²) in [6.07, 6.45) is 3.56. The minimum absolute atomic E-state index is 0.309. The van der Waals surface area contributed by atoms with Crippen molar-refractivity contribution in [3.8, 4) is 0 Å². The van der Waals surface area contributed by atoms with Crippen LogP contribution in [0.4, 0.5) is 4.79 Å². The van der Waals surface area contributed by atoms with E-state index in [4.69, 9.17) is 0 Å². The first-order chi connectivity index (χ1) is 9.99. The number of methoxy groups -OCH3 is 1. The van der Waals surface area contributed by atoms with E-state index >= 15 is 0 Å². The van der Waals surface area contributed by atoms with Gasteiger partial charge in [-0.2, -0.15) is 0 Å². The molecule has 0 spiro atoms. The number of aromatic nitrogens is 1. The quantitative estimate of drug-likeness (QED) is 0.629. The van der Waals surface area contributed by atoms with Gasteiger partial charge in [0.05, 0.1) is 12.0 Å². The first-order valence-electron chi connectivity index (χ1n) is 6.49. The van der Waals surface area contributed by atoms with Gasteiger partial charge in [-0.25, -0.2) is 4.79 Å². The molecule has 1 aliphatic heterocycles. The molecule has 1 aromatic rings. The molecule has 1 saturated heterocycles. The van der Waals surface area contributed by atoms with Gasteiger partial charge in [0, 0.05) is 18.4 Å². The molecule has 0 saturated carbocycles. The summed E-state index contributed by atoms with van der Waals surface area (Å²) in [5.41, 5.74) is 0.841. The van der Waals surface area contributed by atoms with Crippen molar-refractivity contribution in [2.24, 2.45) is 0 Å². The number of imide groups is 1. The lowest BCUT2D eigenvalue weighted by atomic mass is 10.2. The summed E-state index contributed by atoms with van der Waals surface area (Å²) in [6.45, 7) is 4.23. The maximum absolute atomic E-state index is 12.3. The highest BCUT2D eigenvalue weighted by Crippen LogP contribution is 2.33. The summed E-state index contributed by atoms with van der Waals surface area (Å²) in [5.74, 6) is -1.08. The number of hydrogen-bond acceptors (Lipinski definition) is 5. The summed E-state index contributed by atoms with van der Waals surface area (Å²) in [6, 6.07) is 2.81. The van der Waals surface area contributed by atoms with E-state index in [1.807, 2.05) is 29.8 Å². The van der Waals surface area contributed by atoms with Crippen molar-refractivity contribution < 1.29 is 19.1 Å². The van der Waals surface area contributed by atoms with E-state index in [0.29, 0.717) is 4.91 Å². The fourth-order valence-corrected chi connectivity index (χ4v) is 2.96. The van der Waals surface area contributed by atoms with Crippen molar-refractivity contribution in [3.05, 3.63) is 28.9 Å². The molecule has 0 aliphatic carbocycles. The molecule has 0 unspecified atom stereocenters. The number of nitrogens with zero attached hydrogens (tertiary/aromatic N) is 2. The summed E-state index contributed by atoms with van der Waals surface area (Å²) in [5, 5.41) is -0.459. The van der Waals surface area contributed by atoms with Gasteiger partial charge < -0.3 is 9.30 Å². The second kappa shape index (κ2) is 6.17. The fourth-order valence-electron chi connectivity index (χ4n) is 2.07. The van der Waals surface area contributed by atoms with E-state index < -0.39 is 23.2 Å². The topological polar surface area (TPSA) is 68.6 Å². The largest absolute Gasteiger partial charge is 0.467 e. The molecule has 0 N–H and O–H groups in total. The monoisotopic (exact) mass is 308 g/mol. The van der Waals surface area contributed by atoms with Crippen LogP contribution in [-0.4, -0.2) is 39.7 Å². The Morgan fingerprint density at radius 2 is 2.19 bits per heavy atom. The average Bonchev–Trinajstić information content (AvgIpc) is 3.02. The molecule has 7 heteroatoms. The van der Waals surface area contributed by atoms with Crippen LogP contribution in [0.2, 0.25) is 0 Å². The van der Waals surface area contributed by atoms with Crippen LogP contribution in [0, 0.1) is 0 Å². The predicted octanol–water partition coefficient (Wildman–Crippen LogP) is 2.11. The third kappa shape index (κ3) is 2.87. The van der Waals surface area contributed by atoms with Crippen molar-refractivity contribution in [3.63, 3.8) is 0 Å². The van der Waals surface area contributed by atoms with E-state index in [9.17, 15) is 14.4 Å². The van der Waals surface area contributed by atoms with Gasteiger partial charge in [0.1, 0.15) is 6.04 Å². The summed E-state index contributed by atoms with van der Waals surface area (Å²) >= 11 is 0.833. The highest BCUT2D eigenvalue weighted by Gasteiger charge is 2.41. The lowest BCUT2D eigenvalue weighted by Crippen LogP contribution is -2.42. The van der Waals surface area contributed by atoms with Gasteiger partial charge in [-0.1, -0.05) is 0 Å². The summed E-state index contributed by atoms with van der Waals surface area (Å²) in [7, 11) is 1.22. The van der Waals surface area contributed by atoms with Crippen molar-refractivity contribution in [1.29, 1.82) is 0 Å². The number of thioether (sulfide) groups is 1. The molecule has 1 aliphatic rings. The molecule has 0 radical (unpaired) electrons. The Hall–Kier alpha value is -2.02. The van der Waals surface area contributed by atoms with Crippen LogP contribution in [0.1, 0.15) is 19.5 Å². The Morgan fingerprint density at radius 1 is 1.48 bits per heavy atom. The molecule has 2 amide bonds. The van der Waals surface area contributed by atoms with E-state index in [2.05, 4.69) is 4.74 Å². The Bertz CT molecular complexity index is 620. The zero-order chi connectivity index (χ0) is 15.6. The van der Waals surface area contributed by atoms with E-state index in [1.165, 1.54) is 14.0 Å². The third-order valence-corrected chi connectivity index (χ3v) is 4.12. The Balaban J connectivity index is 2.28. The molecule has 2 heterocycles. The second-order valence-electron chi connectivity index (χ2n) is 4.47. The van der Waals surface area contributed by atoms with Gasteiger partial charge in [0.15, 0.2) is 0 Å². The van der Waals surface area contributed by atoms with Crippen LogP contribution in [0.15, 0.2) is 23.2 Å². The molecule has 21 heavy (non-hydrogen) atoms. The van der Waals surface area contributed by atoms with Gasteiger partial charge in [0.25, 0.3) is 11.1 Å². The number of amides is 2. The van der Waals surface area contributed by atoms with Crippen LogP contribution >= 0.6 is 11.8 Å². The average molecular weight is 308 g/mol. The van der Waals surface area contributed by atoms with Crippen LogP contribution in [-0.2, 0) is 20.9 Å². The highest BCUT2D eigenvalue weighted by molar-refractivity contribution is 8.18. The Kier molecular flexibility index (Phi) is 4.52. The zero-order valence-electron chi connectivity index (χ0n) is 12.0. The highest BCUT2D eigenvalue weighted by atomic mass is 32.2. The molecular formula is C14H16N2O4S. The van der Waals surface area contributed by atoms with Gasteiger partial charge in [0.2, 0.25) is 0 Å². The molecule has 0 bridgehead atoms. The summed E-state index contributed by atoms with van der Waals surface area (Å²) in [4.78, 5) is 37.0. The minimum atomic E-state index is -0.925. The van der Waals surface area contributed by atoms with Gasteiger partial charge in [-0.3, -0.25) is 14.5 Å². The first-order valence-corrected chi connectivity index (χ1v) is 7.31. The van der Waals surface area contributed by atoms with E-state index in [0.717, 1.165) is 28.9 Å². The minimum Gasteiger partial charge on any atom is -0.467 e. The number of hydrogen-bond donors (Lipinski definition) is 0. The molecule has 0 aromatic carbocycles. The van der Waals surface area contributed by atoms with Crippen molar-refractivity contribution in [1.82, 2.24) is 9.47 Å². The SMILES string of the molecule is CCn1cccc1/C=C1/SC(=O)N([C@H](C)C(=O)OC)C1=O. The maximum atomic E-state index is 12.3. The van der Waals surface area contributed by atoms with Crippen LogP contribution in [0.3, 0.4) is 0 Å². The zero-order valence-corrected chi connectivity index (χ0v) is 12.8.